The lowest BCUT2D eigenvalue weighted by Gasteiger charge is -2.29. The number of para-hydroxylation sites is 1. The highest BCUT2D eigenvalue weighted by molar-refractivity contribution is 5.97. The molecule has 1 saturated carbocycles. The van der Waals surface area contributed by atoms with Gasteiger partial charge in [0.05, 0.1) is 12.7 Å². The monoisotopic (exact) mass is 277 g/mol. The highest BCUT2D eigenvalue weighted by Gasteiger charge is 2.24. The largest absolute Gasteiger partial charge is 0.504 e. The summed E-state index contributed by atoms with van der Waals surface area (Å²) in [5, 5.41) is 13.0. The van der Waals surface area contributed by atoms with Crippen LogP contribution in [0.25, 0.3) is 0 Å². The molecule has 0 bridgehead atoms. The molecule has 1 amide bonds. The molecule has 0 heterocycles. The summed E-state index contributed by atoms with van der Waals surface area (Å²) in [5.41, 5.74) is 0.281. The maximum absolute atomic E-state index is 12.3. The van der Waals surface area contributed by atoms with Crippen molar-refractivity contribution in [2.75, 3.05) is 7.11 Å². The topological polar surface area (TPSA) is 58.6 Å². The van der Waals surface area contributed by atoms with E-state index in [-0.39, 0.29) is 23.3 Å². The first-order valence-corrected chi connectivity index (χ1v) is 7.32. The Kier molecular flexibility index (Phi) is 4.88. The smallest absolute Gasteiger partial charge is 0.255 e. The van der Waals surface area contributed by atoms with E-state index in [2.05, 4.69) is 12.2 Å². The minimum atomic E-state index is -0.219. The van der Waals surface area contributed by atoms with E-state index >= 15 is 0 Å². The van der Waals surface area contributed by atoms with Gasteiger partial charge in [-0.1, -0.05) is 32.3 Å². The SMILES string of the molecule is CCC1CCCC(NC(=O)c2cccc(OC)c2O)C1. The summed E-state index contributed by atoms with van der Waals surface area (Å²) in [4.78, 5) is 12.3. The van der Waals surface area contributed by atoms with Crippen LogP contribution >= 0.6 is 0 Å². The molecular formula is C16H23NO3. The summed E-state index contributed by atoms with van der Waals surface area (Å²) in [6.07, 6.45) is 5.64. The Morgan fingerprint density at radius 3 is 2.95 bits per heavy atom. The van der Waals surface area contributed by atoms with Crippen molar-refractivity contribution in [1.82, 2.24) is 5.32 Å². The Bertz CT molecular complexity index is 473. The second-order valence-electron chi connectivity index (χ2n) is 5.47. The third-order valence-corrected chi connectivity index (χ3v) is 4.16. The number of methoxy groups -OCH3 is 1. The van der Waals surface area contributed by atoms with Gasteiger partial charge in [-0.3, -0.25) is 4.79 Å². The number of hydrogen-bond donors (Lipinski definition) is 2. The summed E-state index contributed by atoms with van der Waals surface area (Å²) < 4.78 is 5.03. The maximum Gasteiger partial charge on any atom is 0.255 e. The van der Waals surface area contributed by atoms with Crippen LogP contribution in [-0.4, -0.2) is 24.2 Å². The molecule has 2 rings (SSSR count). The molecule has 0 saturated heterocycles. The summed E-state index contributed by atoms with van der Waals surface area (Å²) >= 11 is 0. The van der Waals surface area contributed by atoms with E-state index in [1.807, 2.05) is 0 Å². The van der Waals surface area contributed by atoms with Crippen molar-refractivity contribution >= 4 is 5.91 Å². The molecule has 2 N–H and O–H groups in total. The molecule has 110 valence electrons. The zero-order valence-electron chi connectivity index (χ0n) is 12.2. The molecule has 1 aromatic rings. The van der Waals surface area contributed by atoms with Gasteiger partial charge < -0.3 is 15.2 Å². The van der Waals surface area contributed by atoms with Crippen molar-refractivity contribution in [3.8, 4) is 11.5 Å². The molecule has 1 aliphatic rings. The third-order valence-electron chi connectivity index (χ3n) is 4.16. The lowest BCUT2D eigenvalue weighted by molar-refractivity contribution is 0.0916. The lowest BCUT2D eigenvalue weighted by atomic mass is 9.84. The predicted molar refractivity (Wildman–Crippen MR) is 78.2 cm³/mol. The highest BCUT2D eigenvalue weighted by Crippen LogP contribution is 2.30. The number of nitrogens with one attached hydrogen (secondary N) is 1. The minimum Gasteiger partial charge on any atom is -0.504 e. The number of phenolic OH excluding ortho intramolecular Hbond substituents is 1. The number of carbonyl (C=O) groups is 1. The molecule has 0 aromatic heterocycles. The van der Waals surface area contributed by atoms with E-state index in [0.717, 1.165) is 25.7 Å². The first-order chi connectivity index (χ1) is 9.65. The number of aromatic hydroxyl groups is 1. The fourth-order valence-corrected chi connectivity index (χ4v) is 2.93. The van der Waals surface area contributed by atoms with E-state index < -0.39 is 0 Å². The van der Waals surface area contributed by atoms with Gasteiger partial charge >= 0.3 is 0 Å². The Morgan fingerprint density at radius 1 is 1.45 bits per heavy atom. The van der Waals surface area contributed by atoms with Gasteiger partial charge in [0.1, 0.15) is 0 Å². The van der Waals surface area contributed by atoms with Crippen LogP contribution in [0.2, 0.25) is 0 Å². The lowest BCUT2D eigenvalue weighted by Crippen LogP contribution is -2.38. The van der Waals surface area contributed by atoms with Crippen molar-refractivity contribution in [2.45, 2.75) is 45.1 Å². The molecule has 20 heavy (non-hydrogen) atoms. The van der Waals surface area contributed by atoms with Crippen LogP contribution < -0.4 is 10.1 Å². The number of carbonyl (C=O) groups excluding carboxylic acids is 1. The molecular weight excluding hydrogens is 254 g/mol. The Hall–Kier alpha value is -1.71. The summed E-state index contributed by atoms with van der Waals surface area (Å²) in [6.45, 7) is 2.20. The second-order valence-corrected chi connectivity index (χ2v) is 5.47. The van der Waals surface area contributed by atoms with Crippen molar-refractivity contribution < 1.29 is 14.6 Å². The van der Waals surface area contributed by atoms with E-state index in [1.54, 1.807) is 18.2 Å². The molecule has 1 aliphatic carbocycles. The zero-order valence-corrected chi connectivity index (χ0v) is 12.2. The van der Waals surface area contributed by atoms with Gasteiger partial charge in [-0.2, -0.15) is 0 Å². The Balaban J connectivity index is 2.05. The van der Waals surface area contributed by atoms with E-state index in [4.69, 9.17) is 4.74 Å². The molecule has 0 spiro atoms. The van der Waals surface area contributed by atoms with Gasteiger partial charge in [0.2, 0.25) is 0 Å². The quantitative estimate of drug-likeness (QED) is 0.889. The molecule has 2 atom stereocenters. The molecule has 1 fully saturated rings. The fraction of sp³-hybridized carbons (Fsp3) is 0.562. The number of benzene rings is 1. The molecule has 2 unspecified atom stereocenters. The summed E-state index contributed by atoms with van der Waals surface area (Å²) in [6, 6.07) is 5.18. The molecule has 4 nitrogen and oxygen atoms in total. The van der Waals surface area contributed by atoms with E-state index in [1.165, 1.54) is 13.5 Å². The fourth-order valence-electron chi connectivity index (χ4n) is 2.93. The normalized spacial score (nSPS) is 22.3. The van der Waals surface area contributed by atoms with Gasteiger partial charge in [0.25, 0.3) is 5.91 Å². The minimum absolute atomic E-state index is 0.0876. The van der Waals surface area contributed by atoms with Crippen LogP contribution in [0.4, 0.5) is 0 Å². The standard InChI is InChI=1S/C16H23NO3/c1-3-11-6-4-7-12(10-11)17-16(19)13-8-5-9-14(20-2)15(13)18/h5,8-9,11-12,18H,3-4,6-7,10H2,1-2H3,(H,17,19). The number of rotatable bonds is 4. The van der Waals surface area contributed by atoms with Gasteiger partial charge in [-0.25, -0.2) is 0 Å². The van der Waals surface area contributed by atoms with E-state index in [0.29, 0.717) is 11.7 Å². The number of ether oxygens (including phenoxy) is 1. The van der Waals surface area contributed by atoms with Gasteiger partial charge in [0.15, 0.2) is 11.5 Å². The average Bonchev–Trinajstić information content (AvgIpc) is 2.47. The predicted octanol–water partition coefficient (Wildman–Crippen LogP) is 3.10. The molecule has 0 radical (unpaired) electrons. The van der Waals surface area contributed by atoms with Crippen molar-refractivity contribution in [1.29, 1.82) is 0 Å². The van der Waals surface area contributed by atoms with Crippen LogP contribution in [0.15, 0.2) is 18.2 Å². The van der Waals surface area contributed by atoms with Gasteiger partial charge in [-0.15, -0.1) is 0 Å². The Labute approximate surface area is 120 Å². The molecule has 1 aromatic carbocycles. The van der Waals surface area contributed by atoms with E-state index in [9.17, 15) is 9.90 Å². The van der Waals surface area contributed by atoms with Crippen LogP contribution in [0, 0.1) is 5.92 Å². The Morgan fingerprint density at radius 2 is 2.25 bits per heavy atom. The van der Waals surface area contributed by atoms with Crippen LogP contribution in [-0.2, 0) is 0 Å². The van der Waals surface area contributed by atoms with Crippen LogP contribution in [0.5, 0.6) is 11.5 Å². The first kappa shape index (κ1) is 14.7. The van der Waals surface area contributed by atoms with Crippen molar-refractivity contribution in [3.05, 3.63) is 23.8 Å². The van der Waals surface area contributed by atoms with Crippen LogP contribution in [0.3, 0.4) is 0 Å². The van der Waals surface area contributed by atoms with Crippen molar-refractivity contribution in [2.24, 2.45) is 5.92 Å². The molecule has 4 heteroatoms. The average molecular weight is 277 g/mol. The van der Waals surface area contributed by atoms with Crippen LogP contribution in [0.1, 0.15) is 49.4 Å². The first-order valence-electron chi connectivity index (χ1n) is 7.32. The second kappa shape index (κ2) is 6.64. The highest BCUT2D eigenvalue weighted by atomic mass is 16.5. The zero-order chi connectivity index (χ0) is 14.5. The number of phenols is 1. The van der Waals surface area contributed by atoms with Gasteiger partial charge in [0, 0.05) is 6.04 Å². The third kappa shape index (κ3) is 3.24. The van der Waals surface area contributed by atoms with Gasteiger partial charge in [-0.05, 0) is 30.9 Å². The number of amides is 1. The van der Waals surface area contributed by atoms with Crippen molar-refractivity contribution in [3.63, 3.8) is 0 Å². The maximum atomic E-state index is 12.3. The summed E-state index contributed by atoms with van der Waals surface area (Å²) in [7, 11) is 1.48. The number of hydrogen-bond acceptors (Lipinski definition) is 3. The summed E-state index contributed by atoms with van der Waals surface area (Å²) in [5.74, 6) is 0.721. The molecule has 0 aliphatic heterocycles.